The highest BCUT2D eigenvalue weighted by Gasteiger charge is 2.57. The first-order valence-electron chi connectivity index (χ1n) is 8.43. The van der Waals surface area contributed by atoms with Crippen molar-refractivity contribution in [2.24, 2.45) is 11.7 Å². The van der Waals surface area contributed by atoms with Crippen LogP contribution in [0.4, 0.5) is 11.8 Å². The van der Waals surface area contributed by atoms with E-state index in [0.717, 1.165) is 44.4 Å². The number of aliphatic hydroxyl groups excluding tert-OH is 1. The van der Waals surface area contributed by atoms with Crippen LogP contribution in [0.2, 0.25) is 0 Å². The summed E-state index contributed by atoms with van der Waals surface area (Å²) < 4.78 is 0. The van der Waals surface area contributed by atoms with E-state index in [1.54, 1.807) is 0 Å². The molecule has 1 amide bonds. The van der Waals surface area contributed by atoms with E-state index in [0.29, 0.717) is 23.8 Å². The quantitative estimate of drug-likeness (QED) is 0.650. The van der Waals surface area contributed by atoms with Crippen molar-refractivity contribution >= 4 is 17.7 Å². The maximum absolute atomic E-state index is 11.6. The Hall–Kier alpha value is -1.89. The van der Waals surface area contributed by atoms with Crippen molar-refractivity contribution in [3.8, 4) is 0 Å². The monoisotopic (exact) mass is 317 g/mol. The second-order valence-electron chi connectivity index (χ2n) is 7.37. The van der Waals surface area contributed by atoms with Crippen LogP contribution >= 0.6 is 0 Å². The van der Waals surface area contributed by atoms with Crippen molar-refractivity contribution in [3.05, 3.63) is 11.8 Å². The van der Waals surface area contributed by atoms with E-state index in [2.05, 4.69) is 20.6 Å². The van der Waals surface area contributed by atoms with Crippen LogP contribution in [-0.4, -0.2) is 38.7 Å². The summed E-state index contributed by atoms with van der Waals surface area (Å²) in [7, 11) is 0. The maximum Gasteiger partial charge on any atom is 0.254 e. The Morgan fingerprint density at radius 3 is 2.74 bits per heavy atom. The SMILES string of the molecule is NC(=O)c1cnc(N[C@@H]2CCC[C@H](O)C2)nc1NC12CC(C1)C2. The molecule has 5 N–H and O–H groups in total. The molecule has 0 aromatic carbocycles. The first-order valence-corrected chi connectivity index (χ1v) is 8.43. The molecule has 0 radical (unpaired) electrons. The van der Waals surface area contributed by atoms with Crippen LogP contribution < -0.4 is 16.4 Å². The molecule has 7 heteroatoms. The minimum absolute atomic E-state index is 0.113. The molecule has 1 aromatic rings. The number of nitrogens with one attached hydrogen (secondary N) is 2. The van der Waals surface area contributed by atoms with E-state index in [4.69, 9.17) is 5.73 Å². The van der Waals surface area contributed by atoms with Gasteiger partial charge in [-0.25, -0.2) is 4.98 Å². The Bertz CT molecular complexity index is 618. The Balaban J connectivity index is 1.52. The lowest BCUT2D eigenvalue weighted by molar-refractivity contribution is 0.00177. The molecule has 1 aromatic heterocycles. The van der Waals surface area contributed by atoms with Gasteiger partial charge in [0.15, 0.2) is 0 Å². The third kappa shape index (κ3) is 2.73. The predicted molar refractivity (Wildman–Crippen MR) is 86.1 cm³/mol. The summed E-state index contributed by atoms with van der Waals surface area (Å²) in [6.07, 6.45) is 8.22. The molecule has 0 unspecified atom stereocenters. The summed E-state index contributed by atoms with van der Waals surface area (Å²) in [5, 5.41) is 16.5. The average Bonchev–Trinajstić information content (AvgIpc) is 2.41. The second-order valence-corrected chi connectivity index (χ2v) is 7.37. The molecule has 0 spiro atoms. The topological polar surface area (TPSA) is 113 Å². The fourth-order valence-corrected chi connectivity index (χ4v) is 4.09. The third-order valence-corrected chi connectivity index (χ3v) is 5.46. The number of carbonyl (C=O) groups is 1. The minimum Gasteiger partial charge on any atom is -0.393 e. The number of primary amides is 1. The van der Waals surface area contributed by atoms with Crippen molar-refractivity contribution in [1.29, 1.82) is 0 Å². The molecule has 4 fully saturated rings. The summed E-state index contributed by atoms with van der Waals surface area (Å²) in [6.45, 7) is 0. The van der Waals surface area contributed by atoms with Gasteiger partial charge in [0, 0.05) is 17.8 Å². The highest BCUT2D eigenvalue weighted by molar-refractivity contribution is 5.97. The van der Waals surface area contributed by atoms with Crippen LogP contribution in [0.25, 0.3) is 0 Å². The highest BCUT2D eigenvalue weighted by Crippen LogP contribution is 2.58. The molecule has 2 atom stereocenters. The molecule has 0 aliphatic heterocycles. The van der Waals surface area contributed by atoms with Gasteiger partial charge < -0.3 is 21.5 Å². The van der Waals surface area contributed by atoms with E-state index in [1.165, 1.54) is 6.20 Å². The molecular formula is C16H23N5O2. The molecule has 124 valence electrons. The van der Waals surface area contributed by atoms with Crippen molar-refractivity contribution in [2.45, 2.75) is 62.6 Å². The largest absolute Gasteiger partial charge is 0.393 e. The van der Waals surface area contributed by atoms with Gasteiger partial charge in [0.1, 0.15) is 5.82 Å². The zero-order chi connectivity index (χ0) is 16.0. The molecule has 4 aliphatic rings. The van der Waals surface area contributed by atoms with Gasteiger partial charge in [-0.1, -0.05) is 0 Å². The lowest BCUT2D eigenvalue weighted by Crippen LogP contribution is -2.63. The standard InChI is InChI=1S/C16H23N5O2/c17-13(23)12-8-18-15(19-10-2-1-3-11(22)4-10)20-14(12)21-16-5-9(6-16)7-16/h8-11,22H,1-7H2,(H2,17,23)(H2,18,19,20,21)/t9?,10-,11+,16?/m1/s1. The molecule has 5 rings (SSSR count). The van der Waals surface area contributed by atoms with E-state index < -0.39 is 5.91 Å². The van der Waals surface area contributed by atoms with Crippen molar-refractivity contribution in [1.82, 2.24) is 9.97 Å². The smallest absolute Gasteiger partial charge is 0.254 e. The van der Waals surface area contributed by atoms with Crippen molar-refractivity contribution in [3.63, 3.8) is 0 Å². The average molecular weight is 317 g/mol. The van der Waals surface area contributed by atoms with Gasteiger partial charge in [-0.15, -0.1) is 0 Å². The van der Waals surface area contributed by atoms with Crippen molar-refractivity contribution < 1.29 is 9.90 Å². The number of nitrogens with two attached hydrogens (primary N) is 1. The molecule has 0 saturated heterocycles. The predicted octanol–water partition coefficient (Wildman–Crippen LogP) is 1.26. The van der Waals surface area contributed by atoms with E-state index >= 15 is 0 Å². The van der Waals surface area contributed by atoms with E-state index in [1.807, 2.05) is 0 Å². The summed E-state index contributed by atoms with van der Waals surface area (Å²) in [5.74, 6) is 1.34. The molecule has 1 heterocycles. The zero-order valence-electron chi connectivity index (χ0n) is 13.1. The molecular weight excluding hydrogens is 294 g/mol. The molecule has 23 heavy (non-hydrogen) atoms. The number of hydrogen-bond donors (Lipinski definition) is 4. The third-order valence-electron chi connectivity index (χ3n) is 5.46. The lowest BCUT2D eigenvalue weighted by Gasteiger charge is -2.62. The molecule has 2 bridgehead atoms. The fraction of sp³-hybridized carbons (Fsp3) is 0.688. The van der Waals surface area contributed by atoms with Gasteiger partial charge >= 0.3 is 0 Å². The Morgan fingerprint density at radius 1 is 1.35 bits per heavy atom. The fourth-order valence-electron chi connectivity index (χ4n) is 4.09. The van der Waals surface area contributed by atoms with Crippen molar-refractivity contribution in [2.75, 3.05) is 10.6 Å². The molecule has 4 aliphatic carbocycles. The van der Waals surface area contributed by atoms with Gasteiger partial charge in [-0.2, -0.15) is 4.98 Å². The Labute approximate surface area is 135 Å². The summed E-state index contributed by atoms with van der Waals surface area (Å²) in [6, 6.07) is 0.168. The Kier molecular flexibility index (Phi) is 3.41. The zero-order valence-corrected chi connectivity index (χ0v) is 13.1. The van der Waals surface area contributed by atoms with Gasteiger partial charge in [0.25, 0.3) is 5.91 Å². The lowest BCUT2D eigenvalue weighted by atomic mass is 9.50. The normalized spacial score (nSPS) is 34.9. The number of carbonyl (C=O) groups excluding carboxylic acids is 1. The maximum atomic E-state index is 11.6. The summed E-state index contributed by atoms with van der Waals surface area (Å²) in [4.78, 5) is 20.3. The van der Waals surface area contributed by atoms with Crippen LogP contribution in [0.5, 0.6) is 0 Å². The number of aliphatic hydroxyl groups is 1. The highest BCUT2D eigenvalue weighted by atomic mass is 16.3. The minimum atomic E-state index is -0.515. The molecule has 4 saturated carbocycles. The van der Waals surface area contributed by atoms with Gasteiger partial charge in [-0.3, -0.25) is 4.79 Å². The number of amides is 1. The number of rotatable bonds is 5. The first kappa shape index (κ1) is 14.7. The van der Waals surface area contributed by atoms with E-state index in [-0.39, 0.29) is 17.7 Å². The number of anilines is 2. The van der Waals surface area contributed by atoms with Crippen LogP contribution in [0.1, 0.15) is 55.3 Å². The second kappa shape index (κ2) is 5.33. The number of nitrogens with zero attached hydrogens (tertiary/aromatic N) is 2. The van der Waals surface area contributed by atoms with Crippen LogP contribution in [0.15, 0.2) is 6.20 Å². The number of aromatic nitrogens is 2. The van der Waals surface area contributed by atoms with Gasteiger partial charge in [0.05, 0.1) is 11.7 Å². The van der Waals surface area contributed by atoms with Crippen LogP contribution in [0, 0.1) is 5.92 Å². The van der Waals surface area contributed by atoms with Crippen LogP contribution in [-0.2, 0) is 0 Å². The Morgan fingerprint density at radius 2 is 2.13 bits per heavy atom. The van der Waals surface area contributed by atoms with Crippen LogP contribution in [0.3, 0.4) is 0 Å². The summed E-state index contributed by atoms with van der Waals surface area (Å²) >= 11 is 0. The number of hydrogen-bond acceptors (Lipinski definition) is 6. The first-order chi connectivity index (χ1) is 11.0. The van der Waals surface area contributed by atoms with E-state index in [9.17, 15) is 9.90 Å². The van der Waals surface area contributed by atoms with Gasteiger partial charge in [0.2, 0.25) is 5.95 Å². The summed E-state index contributed by atoms with van der Waals surface area (Å²) in [5.41, 5.74) is 5.90. The molecule has 7 nitrogen and oxygen atoms in total. The van der Waals surface area contributed by atoms with Gasteiger partial charge in [-0.05, 0) is 50.9 Å².